The third kappa shape index (κ3) is 2.65. The standard InChI is InChI=1S/C14H16N2O2/c1-16(9-4-10-17)14(18)13-8-7-11-5-2-3-6-12(11)15-13/h2-3,5-8,17H,4,9-10H2,1H3. The van der Waals surface area contributed by atoms with Gasteiger partial charge in [0.05, 0.1) is 5.52 Å². The minimum Gasteiger partial charge on any atom is -0.396 e. The van der Waals surface area contributed by atoms with Crippen LogP contribution in [0.4, 0.5) is 0 Å². The van der Waals surface area contributed by atoms with Gasteiger partial charge in [0.2, 0.25) is 0 Å². The first-order chi connectivity index (χ1) is 8.72. The number of nitrogens with zero attached hydrogens (tertiary/aromatic N) is 2. The van der Waals surface area contributed by atoms with Crippen molar-refractivity contribution in [1.82, 2.24) is 9.88 Å². The molecule has 0 aliphatic carbocycles. The highest BCUT2D eigenvalue weighted by molar-refractivity contribution is 5.94. The van der Waals surface area contributed by atoms with Crippen LogP contribution in [0.15, 0.2) is 36.4 Å². The normalized spacial score (nSPS) is 10.6. The number of hydrogen-bond donors (Lipinski definition) is 1. The van der Waals surface area contributed by atoms with Gasteiger partial charge in [0.25, 0.3) is 5.91 Å². The third-order valence-electron chi connectivity index (χ3n) is 2.82. The molecule has 0 radical (unpaired) electrons. The molecule has 0 aliphatic heterocycles. The molecule has 1 N–H and O–H groups in total. The second-order valence-corrected chi connectivity index (χ2v) is 4.19. The van der Waals surface area contributed by atoms with Crippen LogP contribution in [-0.4, -0.2) is 41.1 Å². The Bertz CT molecular complexity index is 554. The molecule has 0 bridgehead atoms. The molecule has 0 saturated heterocycles. The quantitative estimate of drug-likeness (QED) is 0.890. The lowest BCUT2D eigenvalue weighted by molar-refractivity contribution is 0.0781. The Labute approximate surface area is 106 Å². The Kier molecular flexibility index (Phi) is 3.89. The van der Waals surface area contributed by atoms with Gasteiger partial charge in [0, 0.05) is 25.6 Å². The fourth-order valence-electron chi connectivity index (χ4n) is 1.79. The minimum absolute atomic E-state index is 0.0861. The molecule has 94 valence electrons. The average molecular weight is 244 g/mol. The molecule has 1 aromatic carbocycles. The fraction of sp³-hybridized carbons (Fsp3) is 0.286. The molecule has 0 fully saturated rings. The van der Waals surface area contributed by atoms with Crippen LogP contribution in [0.3, 0.4) is 0 Å². The summed E-state index contributed by atoms with van der Waals surface area (Å²) in [6.45, 7) is 0.618. The van der Waals surface area contributed by atoms with Crippen LogP contribution in [0.25, 0.3) is 10.9 Å². The van der Waals surface area contributed by atoms with Crippen LogP contribution in [0.1, 0.15) is 16.9 Å². The van der Waals surface area contributed by atoms with Crippen molar-refractivity contribution in [1.29, 1.82) is 0 Å². The van der Waals surface area contributed by atoms with Crippen molar-refractivity contribution in [3.05, 3.63) is 42.1 Å². The highest BCUT2D eigenvalue weighted by Crippen LogP contribution is 2.12. The summed E-state index contributed by atoms with van der Waals surface area (Å²) in [6.07, 6.45) is 0.579. The van der Waals surface area contributed by atoms with Gasteiger partial charge in [0.1, 0.15) is 5.69 Å². The maximum absolute atomic E-state index is 12.1. The lowest BCUT2D eigenvalue weighted by Gasteiger charge is -2.16. The van der Waals surface area contributed by atoms with Gasteiger partial charge in [-0.25, -0.2) is 4.98 Å². The zero-order valence-electron chi connectivity index (χ0n) is 10.3. The summed E-state index contributed by atoms with van der Waals surface area (Å²) in [6, 6.07) is 11.3. The first kappa shape index (κ1) is 12.5. The maximum Gasteiger partial charge on any atom is 0.272 e. The zero-order chi connectivity index (χ0) is 13.0. The Morgan fingerprint density at radius 3 is 2.83 bits per heavy atom. The number of carbonyl (C=O) groups excluding carboxylic acids is 1. The van der Waals surface area contributed by atoms with Crippen LogP contribution in [0.5, 0.6) is 0 Å². The van der Waals surface area contributed by atoms with E-state index in [9.17, 15) is 4.79 Å². The molecular weight excluding hydrogens is 228 g/mol. The smallest absolute Gasteiger partial charge is 0.272 e. The number of hydrogen-bond acceptors (Lipinski definition) is 3. The number of para-hydroxylation sites is 1. The molecule has 2 aromatic rings. The summed E-state index contributed by atoms with van der Waals surface area (Å²) in [4.78, 5) is 18.0. The second kappa shape index (κ2) is 5.60. The van der Waals surface area contributed by atoms with Crippen molar-refractivity contribution < 1.29 is 9.90 Å². The molecule has 4 heteroatoms. The maximum atomic E-state index is 12.1. The minimum atomic E-state index is -0.116. The highest BCUT2D eigenvalue weighted by Gasteiger charge is 2.12. The summed E-state index contributed by atoms with van der Waals surface area (Å²) in [5, 5.41) is 9.78. The molecule has 0 saturated carbocycles. The van der Waals surface area contributed by atoms with Crippen molar-refractivity contribution in [3.63, 3.8) is 0 Å². The lowest BCUT2D eigenvalue weighted by atomic mass is 10.2. The molecule has 0 atom stereocenters. The Morgan fingerprint density at radius 1 is 1.28 bits per heavy atom. The number of aliphatic hydroxyl groups excluding tert-OH is 1. The molecule has 2 rings (SSSR count). The largest absolute Gasteiger partial charge is 0.396 e. The third-order valence-corrected chi connectivity index (χ3v) is 2.82. The number of amides is 1. The van der Waals surface area contributed by atoms with Crippen molar-refractivity contribution in [3.8, 4) is 0 Å². The van der Waals surface area contributed by atoms with Crippen molar-refractivity contribution in [2.45, 2.75) is 6.42 Å². The molecule has 1 heterocycles. The van der Waals surface area contributed by atoms with Crippen LogP contribution in [-0.2, 0) is 0 Å². The van der Waals surface area contributed by atoms with E-state index in [2.05, 4.69) is 4.98 Å². The van der Waals surface area contributed by atoms with E-state index in [1.807, 2.05) is 30.3 Å². The van der Waals surface area contributed by atoms with Gasteiger partial charge < -0.3 is 10.0 Å². The Hall–Kier alpha value is -1.94. The molecule has 0 spiro atoms. The van der Waals surface area contributed by atoms with E-state index in [1.165, 1.54) is 0 Å². The molecule has 18 heavy (non-hydrogen) atoms. The van der Waals surface area contributed by atoms with Crippen molar-refractivity contribution in [2.75, 3.05) is 20.2 Å². The van der Waals surface area contributed by atoms with Gasteiger partial charge in [-0.1, -0.05) is 24.3 Å². The van der Waals surface area contributed by atoms with E-state index < -0.39 is 0 Å². The van der Waals surface area contributed by atoms with E-state index in [1.54, 1.807) is 18.0 Å². The summed E-state index contributed by atoms with van der Waals surface area (Å²) in [5.74, 6) is -0.116. The zero-order valence-corrected chi connectivity index (χ0v) is 10.3. The Morgan fingerprint density at radius 2 is 2.06 bits per heavy atom. The number of aliphatic hydroxyl groups is 1. The summed E-state index contributed by atoms with van der Waals surface area (Å²) < 4.78 is 0. The average Bonchev–Trinajstić information content (AvgIpc) is 2.43. The molecule has 1 amide bonds. The van der Waals surface area contributed by atoms with E-state index in [0.717, 1.165) is 10.9 Å². The number of fused-ring (bicyclic) bond motifs is 1. The Balaban J connectivity index is 2.22. The molecular formula is C14H16N2O2. The van der Waals surface area contributed by atoms with E-state index in [0.29, 0.717) is 18.7 Å². The van der Waals surface area contributed by atoms with Gasteiger partial charge in [0.15, 0.2) is 0 Å². The molecule has 0 aliphatic rings. The fourth-order valence-corrected chi connectivity index (χ4v) is 1.79. The number of carbonyl (C=O) groups is 1. The molecule has 4 nitrogen and oxygen atoms in total. The van der Waals surface area contributed by atoms with E-state index in [-0.39, 0.29) is 12.5 Å². The number of rotatable bonds is 4. The lowest BCUT2D eigenvalue weighted by Crippen LogP contribution is -2.28. The highest BCUT2D eigenvalue weighted by atomic mass is 16.3. The molecule has 1 aromatic heterocycles. The van der Waals surface area contributed by atoms with E-state index in [4.69, 9.17) is 5.11 Å². The van der Waals surface area contributed by atoms with Gasteiger partial charge in [-0.3, -0.25) is 4.79 Å². The number of aromatic nitrogens is 1. The van der Waals surface area contributed by atoms with Crippen LogP contribution >= 0.6 is 0 Å². The topological polar surface area (TPSA) is 53.4 Å². The first-order valence-electron chi connectivity index (χ1n) is 5.94. The predicted molar refractivity (Wildman–Crippen MR) is 70.4 cm³/mol. The summed E-state index contributed by atoms with van der Waals surface area (Å²) >= 11 is 0. The SMILES string of the molecule is CN(CCCO)C(=O)c1ccc2ccccc2n1. The van der Waals surface area contributed by atoms with Gasteiger partial charge in [-0.15, -0.1) is 0 Å². The van der Waals surface area contributed by atoms with Crippen molar-refractivity contribution >= 4 is 16.8 Å². The van der Waals surface area contributed by atoms with E-state index >= 15 is 0 Å². The monoisotopic (exact) mass is 244 g/mol. The second-order valence-electron chi connectivity index (χ2n) is 4.19. The number of benzene rings is 1. The van der Waals surface area contributed by atoms with Gasteiger partial charge in [-0.05, 0) is 18.6 Å². The number of pyridine rings is 1. The van der Waals surface area contributed by atoms with Crippen LogP contribution in [0.2, 0.25) is 0 Å². The van der Waals surface area contributed by atoms with Crippen molar-refractivity contribution in [2.24, 2.45) is 0 Å². The first-order valence-corrected chi connectivity index (χ1v) is 5.94. The van der Waals surface area contributed by atoms with Crippen LogP contribution < -0.4 is 0 Å². The predicted octanol–water partition coefficient (Wildman–Crippen LogP) is 1.69. The summed E-state index contributed by atoms with van der Waals surface area (Å²) in [5.41, 5.74) is 1.26. The van der Waals surface area contributed by atoms with Crippen LogP contribution in [0, 0.1) is 0 Å². The molecule has 0 unspecified atom stereocenters. The van der Waals surface area contributed by atoms with Gasteiger partial charge >= 0.3 is 0 Å². The summed E-state index contributed by atoms with van der Waals surface area (Å²) in [7, 11) is 1.72. The van der Waals surface area contributed by atoms with Gasteiger partial charge in [-0.2, -0.15) is 0 Å².